The number of para-hydroxylation sites is 1. The molecule has 3 aromatic rings. The van der Waals surface area contributed by atoms with Gasteiger partial charge in [-0.3, -0.25) is 10.1 Å². The summed E-state index contributed by atoms with van der Waals surface area (Å²) in [4.78, 5) is 5.71. The maximum atomic E-state index is 5.76. The van der Waals surface area contributed by atoms with E-state index in [4.69, 9.17) is 9.88 Å². The number of benzene rings is 2. The summed E-state index contributed by atoms with van der Waals surface area (Å²) in [6.45, 7) is 8.31. The fourth-order valence-corrected chi connectivity index (χ4v) is 3.97. The summed E-state index contributed by atoms with van der Waals surface area (Å²) in [6.07, 6.45) is 3.93. The summed E-state index contributed by atoms with van der Waals surface area (Å²) in [7, 11) is 0. The fraction of sp³-hybridized carbons (Fsp3) is 0.375. The zero-order valence-corrected chi connectivity index (χ0v) is 18.4. The Morgan fingerprint density at radius 3 is 2.45 bits per heavy atom. The van der Waals surface area contributed by atoms with E-state index < -0.39 is 0 Å². The van der Waals surface area contributed by atoms with Crippen LogP contribution in [-0.4, -0.2) is 18.2 Å². The van der Waals surface area contributed by atoms with Crippen LogP contribution in [0.1, 0.15) is 49.0 Å². The molecule has 4 rings (SSSR count). The Bertz CT molecular complexity index is 924. The lowest BCUT2D eigenvalue weighted by molar-refractivity contribution is 0.0968. The number of nitrogens with one attached hydrogen (secondary N) is 1. The Morgan fingerprint density at radius 2 is 1.79 bits per heavy atom. The van der Waals surface area contributed by atoms with Gasteiger partial charge in [0, 0.05) is 40.9 Å². The van der Waals surface area contributed by atoms with E-state index in [-0.39, 0.29) is 6.04 Å². The molecule has 0 saturated carbocycles. The Balaban J connectivity index is 0.000000343. The molecule has 1 aromatic heterocycles. The molecular formula is C24H31N3OS. The van der Waals surface area contributed by atoms with Gasteiger partial charge in [0.15, 0.2) is 0 Å². The molecule has 1 saturated heterocycles. The largest absolute Gasteiger partial charge is 0.381 e. The number of nitrogens with zero attached hydrogens (tertiary/aromatic N) is 1. The van der Waals surface area contributed by atoms with Gasteiger partial charge in [0.2, 0.25) is 0 Å². The van der Waals surface area contributed by atoms with E-state index in [9.17, 15) is 0 Å². The van der Waals surface area contributed by atoms with Gasteiger partial charge in [-0.05, 0) is 87.4 Å². The molecule has 5 heteroatoms. The highest BCUT2D eigenvalue weighted by atomic mass is 32.2. The first-order valence-corrected chi connectivity index (χ1v) is 11.1. The Hall–Kier alpha value is -2.08. The zero-order valence-electron chi connectivity index (χ0n) is 17.6. The summed E-state index contributed by atoms with van der Waals surface area (Å²) in [6, 6.07) is 16.9. The highest BCUT2D eigenvalue weighted by molar-refractivity contribution is 7.97. The van der Waals surface area contributed by atoms with Gasteiger partial charge in [-0.25, -0.2) is 0 Å². The van der Waals surface area contributed by atoms with Crippen LogP contribution < -0.4 is 10.5 Å². The average Bonchev–Trinajstić information content (AvgIpc) is 2.75. The van der Waals surface area contributed by atoms with Crippen LogP contribution in [0, 0.1) is 13.8 Å². The standard InChI is InChI=1S/C19H21N3S.C5H10O/c1-12-10-16(15-9-8-13(2)21-18(15)11-12)14(3)22-17-6-4-5-7-19(17)23-20;1-2-4-6-5-3-1/h4-11,14,22H,20H2,1-3H3;1-5H2. The lowest BCUT2D eigenvalue weighted by Crippen LogP contribution is -2.09. The summed E-state index contributed by atoms with van der Waals surface area (Å²) >= 11 is 1.27. The number of fused-ring (bicyclic) bond motifs is 1. The van der Waals surface area contributed by atoms with E-state index in [0.717, 1.165) is 35.0 Å². The molecule has 1 atom stereocenters. The van der Waals surface area contributed by atoms with Gasteiger partial charge in [-0.1, -0.05) is 24.3 Å². The molecule has 1 fully saturated rings. The number of nitrogens with two attached hydrogens (primary N) is 1. The van der Waals surface area contributed by atoms with Crippen LogP contribution in [0.3, 0.4) is 0 Å². The van der Waals surface area contributed by atoms with Crippen molar-refractivity contribution >= 4 is 28.5 Å². The van der Waals surface area contributed by atoms with Crippen molar-refractivity contribution in [1.82, 2.24) is 4.98 Å². The minimum Gasteiger partial charge on any atom is -0.381 e. The Kier molecular flexibility index (Phi) is 7.92. The van der Waals surface area contributed by atoms with Crippen molar-refractivity contribution in [2.24, 2.45) is 5.14 Å². The first-order valence-electron chi connectivity index (χ1n) is 10.3. The first kappa shape index (κ1) is 21.6. The highest BCUT2D eigenvalue weighted by Crippen LogP contribution is 2.31. The van der Waals surface area contributed by atoms with Crippen LogP contribution >= 0.6 is 11.9 Å². The Labute approximate surface area is 178 Å². The lowest BCUT2D eigenvalue weighted by atomic mass is 9.99. The normalized spacial score (nSPS) is 14.8. The molecule has 154 valence electrons. The molecule has 1 aliphatic rings. The number of pyridine rings is 1. The minimum atomic E-state index is 0.162. The van der Waals surface area contributed by atoms with Gasteiger partial charge in [-0.2, -0.15) is 0 Å². The number of aromatic nitrogens is 1. The number of aryl methyl sites for hydroxylation is 2. The maximum Gasteiger partial charge on any atom is 0.0711 e. The van der Waals surface area contributed by atoms with E-state index in [1.165, 1.54) is 47.7 Å². The molecule has 2 aromatic carbocycles. The third-order valence-electron chi connectivity index (χ3n) is 5.05. The molecule has 0 radical (unpaired) electrons. The smallest absolute Gasteiger partial charge is 0.0711 e. The predicted octanol–water partition coefficient (Wildman–Crippen LogP) is 6.18. The molecule has 1 unspecified atom stereocenters. The summed E-state index contributed by atoms with van der Waals surface area (Å²) in [5.74, 6) is 0. The number of hydrogen-bond acceptors (Lipinski definition) is 5. The van der Waals surface area contributed by atoms with Gasteiger partial charge in [0.1, 0.15) is 0 Å². The number of rotatable bonds is 4. The summed E-state index contributed by atoms with van der Waals surface area (Å²) in [5.41, 5.74) is 5.63. The van der Waals surface area contributed by atoms with E-state index in [1.807, 2.05) is 25.1 Å². The van der Waals surface area contributed by atoms with Crippen LogP contribution in [0.4, 0.5) is 5.69 Å². The van der Waals surface area contributed by atoms with Crippen molar-refractivity contribution in [3.05, 3.63) is 65.4 Å². The van der Waals surface area contributed by atoms with E-state index in [2.05, 4.69) is 54.5 Å². The molecule has 0 spiro atoms. The molecular weight excluding hydrogens is 378 g/mol. The number of ether oxygens (including phenoxy) is 1. The molecule has 4 nitrogen and oxygen atoms in total. The van der Waals surface area contributed by atoms with E-state index in [0.29, 0.717) is 0 Å². The van der Waals surface area contributed by atoms with Crippen LogP contribution in [-0.2, 0) is 4.74 Å². The highest BCUT2D eigenvalue weighted by Gasteiger charge is 2.13. The number of hydrogen-bond donors (Lipinski definition) is 2. The molecule has 2 heterocycles. The van der Waals surface area contributed by atoms with Crippen LogP contribution in [0.15, 0.2) is 53.4 Å². The van der Waals surface area contributed by atoms with Crippen molar-refractivity contribution in [2.75, 3.05) is 18.5 Å². The third-order valence-corrected chi connectivity index (χ3v) is 5.66. The van der Waals surface area contributed by atoms with Gasteiger partial charge >= 0.3 is 0 Å². The van der Waals surface area contributed by atoms with Crippen LogP contribution in [0.2, 0.25) is 0 Å². The third kappa shape index (κ3) is 5.95. The summed E-state index contributed by atoms with van der Waals surface area (Å²) < 4.78 is 5.07. The fourth-order valence-electron chi connectivity index (χ4n) is 3.56. The summed E-state index contributed by atoms with van der Waals surface area (Å²) in [5, 5.41) is 10.5. The topological polar surface area (TPSA) is 60.2 Å². The number of anilines is 1. The van der Waals surface area contributed by atoms with Crippen LogP contribution in [0.25, 0.3) is 10.9 Å². The van der Waals surface area contributed by atoms with E-state index >= 15 is 0 Å². The first-order chi connectivity index (χ1) is 14.1. The molecule has 0 amide bonds. The van der Waals surface area contributed by atoms with Crippen molar-refractivity contribution < 1.29 is 4.74 Å². The quantitative estimate of drug-likeness (QED) is 0.504. The second-order valence-electron chi connectivity index (χ2n) is 7.53. The van der Waals surface area contributed by atoms with Gasteiger partial charge in [-0.15, -0.1) is 0 Å². The van der Waals surface area contributed by atoms with Gasteiger partial charge in [0.25, 0.3) is 0 Å². The second-order valence-corrected chi connectivity index (χ2v) is 8.20. The molecule has 0 bridgehead atoms. The van der Waals surface area contributed by atoms with Crippen molar-refractivity contribution in [2.45, 2.75) is 51.0 Å². The average molecular weight is 410 g/mol. The van der Waals surface area contributed by atoms with Crippen molar-refractivity contribution in [3.8, 4) is 0 Å². The minimum absolute atomic E-state index is 0.162. The van der Waals surface area contributed by atoms with Crippen molar-refractivity contribution in [3.63, 3.8) is 0 Å². The molecule has 0 aliphatic carbocycles. The van der Waals surface area contributed by atoms with Gasteiger partial charge in [0.05, 0.1) is 5.52 Å². The SMILES string of the molecule is C1CCOCC1.Cc1cc(C(C)Nc2ccccc2SN)c2ccc(C)nc2c1. The van der Waals surface area contributed by atoms with E-state index in [1.54, 1.807) is 0 Å². The zero-order chi connectivity index (χ0) is 20.6. The second kappa shape index (κ2) is 10.6. The Morgan fingerprint density at radius 1 is 1.03 bits per heavy atom. The molecule has 29 heavy (non-hydrogen) atoms. The predicted molar refractivity (Wildman–Crippen MR) is 124 cm³/mol. The van der Waals surface area contributed by atoms with Crippen molar-refractivity contribution in [1.29, 1.82) is 0 Å². The lowest BCUT2D eigenvalue weighted by Gasteiger charge is -2.20. The molecule has 3 N–H and O–H groups in total. The van der Waals surface area contributed by atoms with Crippen LogP contribution in [0.5, 0.6) is 0 Å². The monoisotopic (exact) mass is 409 g/mol. The molecule has 1 aliphatic heterocycles. The maximum absolute atomic E-state index is 5.76. The van der Waals surface area contributed by atoms with Gasteiger partial charge < -0.3 is 10.1 Å².